The van der Waals surface area contributed by atoms with E-state index >= 15 is 0 Å². The molecule has 8 heteroatoms. The maximum absolute atomic E-state index is 12.2. The summed E-state index contributed by atoms with van der Waals surface area (Å²) in [6.45, 7) is 0. The van der Waals surface area contributed by atoms with Crippen LogP contribution in [-0.2, 0) is 4.79 Å². The number of benzene rings is 1. The van der Waals surface area contributed by atoms with Gasteiger partial charge in [0.15, 0.2) is 0 Å². The standard InChI is InChI=1S/C13H13ClN2O5/c14-9-3-1-2-8(12(9)16(20)21)13(19)15-10(6-11(17)18)7-4-5-7/h1-3,7,10H,4-6H2,(H,15,19)(H,17,18). The molecule has 1 unspecified atom stereocenters. The van der Waals surface area contributed by atoms with Crippen molar-refractivity contribution >= 4 is 29.2 Å². The van der Waals surface area contributed by atoms with Gasteiger partial charge in [-0.15, -0.1) is 0 Å². The second kappa shape index (κ2) is 6.09. The van der Waals surface area contributed by atoms with Crippen LogP contribution in [0.1, 0.15) is 29.6 Å². The Morgan fingerprint density at radius 3 is 2.67 bits per heavy atom. The number of amides is 1. The Morgan fingerprint density at radius 2 is 2.14 bits per heavy atom. The van der Waals surface area contributed by atoms with Crippen LogP contribution in [0.3, 0.4) is 0 Å². The zero-order chi connectivity index (χ0) is 15.6. The van der Waals surface area contributed by atoms with Gasteiger partial charge in [-0.1, -0.05) is 17.7 Å². The molecule has 0 heterocycles. The van der Waals surface area contributed by atoms with E-state index in [2.05, 4.69) is 5.32 Å². The second-order valence-electron chi connectivity index (χ2n) is 4.91. The highest BCUT2D eigenvalue weighted by atomic mass is 35.5. The molecule has 0 bridgehead atoms. The van der Waals surface area contributed by atoms with E-state index in [-0.39, 0.29) is 22.9 Å². The third-order valence-corrected chi connectivity index (χ3v) is 3.62. The molecule has 1 saturated carbocycles. The van der Waals surface area contributed by atoms with Crippen molar-refractivity contribution in [2.24, 2.45) is 5.92 Å². The van der Waals surface area contributed by atoms with Gasteiger partial charge >= 0.3 is 11.7 Å². The summed E-state index contributed by atoms with van der Waals surface area (Å²) in [5.74, 6) is -1.58. The van der Waals surface area contributed by atoms with E-state index in [1.807, 2.05) is 0 Å². The van der Waals surface area contributed by atoms with Crippen molar-refractivity contribution < 1.29 is 19.6 Å². The fraction of sp³-hybridized carbons (Fsp3) is 0.385. The van der Waals surface area contributed by atoms with Crippen LogP contribution in [0.15, 0.2) is 18.2 Å². The molecule has 1 aromatic carbocycles. The lowest BCUT2D eigenvalue weighted by Crippen LogP contribution is -2.38. The molecule has 21 heavy (non-hydrogen) atoms. The summed E-state index contributed by atoms with van der Waals surface area (Å²) in [6, 6.07) is 3.54. The van der Waals surface area contributed by atoms with E-state index in [1.54, 1.807) is 0 Å². The number of hydrogen-bond acceptors (Lipinski definition) is 4. The molecule has 1 aromatic rings. The maximum atomic E-state index is 12.2. The zero-order valence-corrected chi connectivity index (χ0v) is 11.7. The number of hydrogen-bond donors (Lipinski definition) is 2. The minimum atomic E-state index is -1.02. The first kappa shape index (κ1) is 15.2. The molecule has 7 nitrogen and oxygen atoms in total. The SMILES string of the molecule is O=C(O)CC(NC(=O)c1cccc(Cl)c1[N+](=O)[O-])C1CC1. The van der Waals surface area contributed by atoms with Crippen LogP contribution in [0.2, 0.25) is 5.02 Å². The van der Waals surface area contributed by atoms with Crippen LogP contribution in [0.4, 0.5) is 5.69 Å². The minimum Gasteiger partial charge on any atom is -0.481 e. The van der Waals surface area contributed by atoms with Crippen molar-refractivity contribution in [2.45, 2.75) is 25.3 Å². The Morgan fingerprint density at radius 1 is 1.48 bits per heavy atom. The molecule has 0 aliphatic heterocycles. The number of carbonyl (C=O) groups is 2. The quantitative estimate of drug-likeness (QED) is 0.618. The average Bonchev–Trinajstić information content (AvgIpc) is 3.20. The van der Waals surface area contributed by atoms with Crippen molar-refractivity contribution in [3.8, 4) is 0 Å². The second-order valence-corrected chi connectivity index (χ2v) is 5.32. The smallest absolute Gasteiger partial charge is 0.305 e. The first-order valence-electron chi connectivity index (χ1n) is 6.35. The highest BCUT2D eigenvalue weighted by molar-refractivity contribution is 6.33. The number of rotatable bonds is 6. The number of carbonyl (C=O) groups excluding carboxylic acids is 1. The van der Waals surface area contributed by atoms with E-state index in [0.717, 1.165) is 12.8 Å². The van der Waals surface area contributed by atoms with Crippen LogP contribution >= 0.6 is 11.6 Å². The Bertz CT molecular complexity index is 600. The Hall–Kier alpha value is -2.15. The lowest BCUT2D eigenvalue weighted by molar-refractivity contribution is -0.385. The molecule has 0 saturated heterocycles. The van der Waals surface area contributed by atoms with E-state index < -0.39 is 28.5 Å². The molecule has 2 rings (SSSR count). The number of nitro groups is 1. The first-order valence-corrected chi connectivity index (χ1v) is 6.73. The van der Waals surface area contributed by atoms with Gasteiger partial charge in [0.1, 0.15) is 10.6 Å². The normalized spacial score (nSPS) is 15.3. The molecule has 0 spiro atoms. The van der Waals surface area contributed by atoms with Crippen molar-refractivity contribution in [3.63, 3.8) is 0 Å². The number of carboxylic acids is 1. The van der Waals surface area contributed by atoms with Gasteiger partial charge in [-0.25, -0.2) is 0 Å². The van der Waals surface area contributed by atoms with Gasteiger partial charge in [0.05, 0.1) is 11.3 Å². The molecule has 112 valence electrons. The van der Waals surface area contributed by atoms with Crippen LogP contribution in [0.5, 0.6) is 0 Å². The topological polar surface area (TPSA) is 110 Å². The first-order chi connectivity index (χ1) is 9.90. The molecule has 0 radical (unpaired) electrons. The number of nitrogens with one attached hydrogen (secondary N) is 1. The zero-order valence-electron chi connectivity index (χ0n) is 10.9. The molecule has 1 aliphatic rings. The fourth-order valence-electron chi connectivity index (χ4n) is 2.15. The molecule has 1 fully saturated rings. The van der Waals surface area contributed by atoms with E-state index in [9.17, 15) is 19.7 Å². The molecule has 1 atom stereocenters. The average molecular weight is 313 g/mol. The predicted molar refractivity (Wildman–Crippen MR) is 74.3 cm³/mol. The van der Waals surface area contributed by atoms with Crippen molar-refractivity contribution in [1.29, 1.82) is 0 Å². The van der Waals surface area contributed by atoms with E-state index in [1.165, 1.54) is 18.2 Å². The van der Waals surface area contributed by atoms with Gasteiger partial charge in [0.2, 0.25) is 0 Å². The molecule has 0 aromatic heterocycles. The van der Waals surface area contributed by atoms with Gasteiger partial charge in [0.25, 0.3) is 5.91 Å². The Labute approximate surface area is 125 Å². The molecular weight excluding hydrogens is 300 g/mol. The summed E-state index contributed by atoms with van der Waals surface area (Å²) in [5.41, 5.74) is -0.634. The highest BCUT2D eigenvalue weighted by Gasteiger charge is 2.35. The number of para-hydroxylation sites is 1. The third-order valence-electron chi connectivity index (χ3n) is 3.32. The van der Waals surface area contributed by atoms with Crippen LogP contribution < -0.4 is 5.32 Å². The number of carboxylic acid groups (broad SMARTS) is 1. The minimum absolute atomic E-state index is 0.114. The molecule has 1 aliphatic carbocycles. The van der Waals surface area contributed by atoms with Crippen LogP contribution in [0.25, 0.3) is 0 Å². The highest BCUT2D eigenvalue weighted by Crippen LogP contribution is 2.35. The van der Waals surface area contributed by atoms with Gasteiger partial charge < -0.3 is 10.4 Å². The molecular formula is C13H13ClN2O5. The monoisotopic (exact) mass is 312 g/mol. The van der Waals surface area contributed by atoms with Gasteiger partial charge in [-0.3, -0.25) is 19.7 Å². The number of aliphatic carboxylic acids is 1. The predicted octanol–water partition coefficient (Wildman–Crippen LogP) is 2.23. The summed E-state index contributed by atoms with van der Waals surface area (Å²) in [7, 11) is 0. The molecule has 1 amide bonds. The molecule has 2 N–H and O–H groups in total. The van der Waals surface area contributed by atoms with E-state index in [4.69, 9.17) is 16.7 Å². The fourth-order valence-corrected chi connectivity index (χ4v) is 2.40. The number of nitro benzene ring substituents is 1. The van der Waals surface area contributed by atoms with Crippen LogP contribution in [-0.4, -0.2) is 27.9 Å². The largest absolute Gasteiger partial charge is 0.481 e. The number of halogens is 1. The van der Waals surface area contributed by atoms with Gasteiger partial charge in [-0.2, -0.15) is 0 Å². The van der Waals surface area contributed by atoms with Gasteiger partial charge in [-0.05, 0) is 30.9 Å². The summed E-state index contributed by atoms with van der Waals surface area (Å²) in [5, 5.41) is 22.3. The number of nitrogens with zero attached hydrogens (tertiary/aromatic N) is 1. The van der Waals surface area contributed by atoms with E-state index in [0.29, 0.717) is 0 Å². The Kier molecular flexibility index (Phi) is 4.42. The Balaban J connectivity index is 2.21. The summed E-state index contributed by atoms with van der Waals surface area (Å²) < 4.78 is 0. The van der Waals surface area contributed by atoms with Gasteiger partial charge in [0, 0.05) is 6.04 Å². The van der Waals surface area contributed by atoms with Crippen molar-refractivity contribution in [1.82, 2.24) is 5.32 Å². The third kappa shape index (κ3) is 3.69. The summed E-state index contributed by atoms with van der Waals surface area (Å²) in [6.07, 6.45) is 1.48. The van der Waals surface area contributed by atoms with Crippen molar-refractivity contribution in [2.75, 3.05) is 0 Å². The maximum Gasteiger partial charge on any atom is 0.305 e. The summed E-state index contributed by atoms with van der Waals surface area (Å²) in [4.78, 5) is 33.3. The summed E-state index contributed by atoms with van der Waals surface area (Å²) >= 11 is 5.75. The lowest BCUT2D eigenvalue weighted by Gasteiger charge is -2.16. The van der Waals surface area contributed by atoms with Crippen molar-refractivity contribution in [3.05, 3.63) is 38.9 Å². The lowest BCUT2D eigenvalue weighted by atomic mass is 10.1. The van der Waals surface area contributed by atoms with Crippen LogP contribution in [0, 0.1) is 16.0 Å².